The molecule has 2 aromatic heterocycles. The second kappa shape index (κ2) is 9.30. The normalized spacial score (nSPS) is 12.3. The van der Waals surface area contributed by atoms with Gasteiger partial charge in [-0.05, 0) is 37.1 Å². The lowest BCUT2D eigenvalue weighted by molar-refractivity contribution is -0.131. The maximum Gasteiger partial charge on any atom is 0.262 e. The maximum atomic E-state index is 13.3. The lowest BCUT2D eigenvalue weighted by Crippen LogP contribution is -2.32. The first-order valence-corrected chi connectivity index (χ1v) is 12.1. The molecule has 3 heterocycles. The van der Waals surface area contributed by atoms with Crippen molar-refractivity contribution >= 4 is 27.5 Å². The van der Waals surface area contributed by atoms with E-state index in [1.165, 1.54) is 16.9 Å². The SMILES string of the molecule is CCN(Cc1ccc2c(c1)OCO2)C(=O)CCn1cnc2scc(-c3ccc(C)cc3)c2c1=O. The molecule has 0 atom stereocenters. The molecule has 2 aromatic carbocycles. The van der Waals surface area contributed by atoms with Gasteiger partial charge in [0.25, 0.3) is 5.56 Å². The van der Waals surface area contributed by atoms with E-state index >= 15 is 0 Å². The molecule has 0 bridgehead atoms. The Morgan fingerprint density at radius 3 is 2.74 bits per heavy atom. The number of carbonyl (C=O) groups is 1. The Labute approximate surface area is 201 Å². The number of fused-ring (bicyclic) bond motifs is 2. The molecule has 0 unspecified atom stereocenters. The van der Waals surface area contributed by atoms with Gasteiger partial charge in [-0.1, -0.05) is 35.9 Å². The Balaban J connectivity index is 1.32. The summed E-state index contributed by atoms with van der Waals surface area (Å²) in [5.41, 5.74) is 3.90. The van der Waals surface area contributed by atoms with E-state index in [4.69, 9.17) is 9.47 Å². The van der Waals surface area contributed by atoms with Gasteiger partial charge >= 0.3 is 0 Å². The predicted octanol–water partition coefficient (Wildman–Crippen LogP) is 4.60. The Morgan fingerprint density at radius 1 is 1.15 bits per heavy atom. The molecule has 0 N–H and O–H groups in total. The summed E-state index contributed by atoms with van der Waals surface area (Å²) in [5.74, 6) is 1.40. The first-order chi connectivity index (χ1) is 16.5. The highest BCUT2D eigenvalue weighted by Crippen LogP contribution is 2.33. The Bertz CT molecular complexity index is 1410. The van der Waals surface area contributed by atoms with Gasteiger partial charge in [0, 0.05) is 37.0 Å². The van der Waals surface area contributed by atoms with Gasteiger partial charge < -0.3 is 14.4 Å². The van der Waals surface area contributed by atoms with E-state index in [2.05, 4.69) is 4.98 Å². The summed E-state index contributed by atoms with van der Waals surface area (Å²) in [7, 11) is 0. The highest BCUT2D eigenvalue weighted by atomic mass is 32.1. The minimum Gasteiger partial charge on any atom is -0.454 e. The van der Waals surface area contributed by atoms with Crippen LogP contribution in [0.3, 0.4) is 0 Å². The zero-order chi connectivity index (χ0) is 23.7. The highest BCUT2D eigenvalue weighted by molar-refractivity contribution is 7.17. The van der Waals surface area contributed by atoms with Crippen LogP contribution >= 0.6 is 11.3 Å². The second-order valence-electron chi connectivity index (χ2n) is 8.28. The maximum absolute atomic E-state index is 13.3. The first-order valence-electron chi connectivity index (χ1n) is 11.2. The summed E-state index contributed by atoms with van der Waals surface area (Å²) in [6, 6.07) is 13.8. The second-order valence-corrected chi connectivity index (χ2v) is 9.14. The van der Waals surface area contributed by atoms with Crippen molar-refractivity contribution in [3.63, 3.8) is 0 Å². The molecule has 4 aromatic rings. The van der Waals surface area contributed by atoms with Crippen molar-refractivity contribution in [1.82, 2.24) is 14.5 Å². The fraction of sp³-hybridized carbons (Fsp3) is 0.269. The fourth-order valence-electron chi connectivity index (χ4n) is 4.08. The molecule has 1 aliphatic rings. The Kier molecular flexibility index (Phi) is 6.06. The van der Waals surface area contributed by atoms with Crippen LogP contribution in [-0.2, 0) is 17.9 Å². The van der Waals surface area contributed by atoms with Crippen LogP contribution in [0.5, 0.6) is 11.5 Å². The summed E-state index contributed by atoms with van der Waals surface area (Å²) < 4.78 is 12.3. The number of ether oxygens (including phenoxy) is 2. The summed E-state index contributed by atoms with van der Waals surface area (Å²) in [5, 5.41) is 2.58. The van der Waals surface area contributed by atoms with Gasteiger partial charge in [-0.3, -0.25) is 14.2 Å². The third-order valence-electron chi connectivity index (χ3n) is 6.03. The molecule has 0 saturated carbocycles. The molecule has 34 heavy (non-hydrogen) atoms. The van der Waals surface area contributed by atoms with Crippen molar-refractivity contribution in [2.45, 2.75) is 33.4 Å². The summed E-state index contributed by atoms with van der Waals surface area (Å²) in [6.45, 7) is 5.53. The van der Waals surface area contributed by atoms with E-state index in [0.29, 0.717) is 29.1 Å². The topological polar surface area (TPSA) is 73.7 Å². The molecular weight excluding hydrogens is 450 g/mol. The average molecular weight is 476 g/mol. The average Bonchev–Trinajstić information content (AvgIpc) is 3.49. The van der Waals surface area contributed by atoms with Crippen molar-refractivity contribution in [1.29, 1.82) is 0 Å². The number of hydrogen-bond acceptors (Lipinski definition) is 6. The van der Waals surface area contributed by atoms with Gasteiger partial charge in [0.15, 0.2) is 11.5 Å². The molecule has 8 heteroatoms. The molecule has 5 rings (SSSR count). The van der Waals surface area contributed by atoms with Gasteiger partial charge in [0.05, 0.1) is 11.7 Å². The number of amides is 1. The predicted molar refractivity (Wildman–Crippen MR) is 132 cm³/mol. The molecule has 7 nitrogen and oxygen atoms in total. The van der Waals surface area contributed by atoms with Crippen LogP contribution in [0.4, 0.5) is 0 Å². The Hall–Kier alpha value is -3.65. The van der Waals surface area contributed by atoms with E-state index in [0.717, 1.165) is 22.4 Å². The molecule has 0 fully saturated rings. The molecule has 0 saturated heterocycles. The number of thiophene rings is 1. The van der Waals surface area contributed by atoms with E-state index in [1.54, 1.807) is 15.8 Å². The van der Waals surface area contributed by atoms with Crippen LogP contribution in [0, 0.1) is 6.92 Å². The minimum absolute atomic E-state index is 0.0174. The smallest absolute Gasteiger partial charge is 0.262 e. The number of hydrogen-bond donors (Lipinski definition) is 0. The molecular formula is C26H25N3O4S. The molecule has 1 aliphatic heterocycles. The monoisotopic (exact) mass is 475 g/mol. The van der Waals surface area contributed by atoms with Gasteiger partial charge in [0.2, 0.25) is 12.7 Å². The van der Waals surface area contributed by atoms with E-state index < -0.39 is 0 Å². The van der Waals surface area contributed by atoms with E-state index in [9.17, 15) is 9.59 Å². The fourth-order valence-corrected chi connectivity index (χ4v) is 4.99. The van der Waals surface area contributed by atoms with E-state index in [1.807, 2.05) is 61.7 Å². The Morgan fingerprint density at radius 2 is 1.94 bits per heavy atom. The molecule has 0 radical (unpaired) electrons. The summed E-state index contributed by atoms with van der Waals surface area (Å²) >= 11 is 1.46. The van der Waals surface area contributed by atoms with Crippen molar-refractivity contribution in [2.75, 3.05) is 13.3 Å². The number of aromatic nitrogens is 2. The van der Waals surface area contributed by atoms with Crippen molar-refractivity contribution in [3.8, 4) is 22.6 Å². The van der Waals surface area contributed by atoms with Crippen LogP contribution in [0.2, 0.25) is 0 Å². The number of carbonyl (C=O) groups excluding carboxylic acids is 1. The summed E-state index contributed by atoms with van der Waals surface area (Å²) in [4.78, 5) is 33.2. The zero-order valence-corrected chi connectivity index (χ0v) is 19.9. The number of nitrogens with zero attached hydrogens (tertiary/aromatic N) is 3. The van der Waals surface area contributed by atoms with Crippen LogP contribution in [0.15, 0.2) is 59.0 Å². The largest absolute Gasteiger partial charge is 0.454 e. The third kappa shape index (κ3) is 4.28. The number of rotatable bonds is 7. The van der Waals surface area contributed by atoms with Gasteiger partial charge in [-0.25, -0.2) is 4.98 Å². The van der Waals surface area contributed by atoms with Crippen LogP contribution in [-0.4, -0.2) is 33.7 Å². The lowest BCUT2D eigenvalue weighted by Gasteiger charge is -2.21. The van der Waals surface area contributed by atoms with Gasteiger partial charge in [0.1, 0.15) is 4.83 Å². The third-order valence-corrected chi connectivity index (χ3v) is 6.92. The molecule has 0 spiro atoms. The lowest BCUT2D eigenvalue weighted by atomic mass is 10.1. The van der Waals surface area contributed by atoms with Crippen LogP contribution in [0.25, 0.3) is 21.3 Å². The van der Waals surface area contributed by atoms with Crippen LogP contribution in [0.1, 0.15) is 24.5 Å². The molecule has 0 aliphatic carbocycles. The molecule has 1 amide bonds. The zero-order valence-electron chi connectivity index (χ0n) is 19.1. The quantitative estimate of drug-likeness (QED) is 0.391. The van der Waals surface area contributed by atoms with Crippen LogP contribution < -0.4 is 15.0 Å². The van der Waals surface area contributed by atoms with Gasteiger partial charge in [-0.15, -0.1) is 11.3 Å². The molecule has 174 valence electrons. The van der Waals surface area contributed by atoms with Crippen molar-refractivity contribution in [3.05, 3.63) is 75.7 Å². The summed E-state index contributed by atoms with van der Waals surface area (Å²) in [6.07, 6.45) is 1.76. The minimum atomic E-state index is -0.117. The standard InChI is InChI=1S/C26H25N3O4S/c1-3-28(13-18-6-9-21-22(12-18)33-16-32-21)23(30)10-11-29-15-27-25-24(26(29)31)20(14-34-25)19-7-4-17(2)5-8-19/h4-9,12,14-15H,3,10-11,13,16H2,1-2H3. The van der Waals surface area contributed by atoms with Crippen molar-refractivity contribution in [2.24, 2.45) is 0 Å². The van der Waals surface area contributed by atoms with Gasteiger partial charge in [-0.2, -0.15) is 0 Å². The highest BCUT2D eigenvalue weighted by Gasteiger charge is 2.18. The number of aryl methyl sites for hydroxylation is 2. The van der Waals surface area contributed by atoms with Crippen molar-refractivity contribution < 1.29 is 14.3 Å². The van der Waals surface area contributed by atoms with E-state index in [-0.39, 0.29) is 31.2 Å². The first kappa shape index (κ1) is 22.2. The number of benzene rings is 2.